The van der Waals surface area contributed by atoms with E-state index in [0.717, 1.165) is 30.8 Å². The lowest BCUT2D eigenvalue weighted by atomic mass is 10.1. The number of aryl methyl sites for hydroxylation is 1. The van der Waals surface area contributed by atoms with Gasteiger partial charge in [-0.05, 0) is 18.6 Å². The van der Waals surface area contributed by atoms with Crippen LogP contribution in [0.15, 0.2) is 40.1 Å². The molecule has 28 heavy (non-hydrogen) atoms. The largest absolute Gasteiger partial charge is 0.352 e. The van der Waals surface area contributed by atoms with Gasteiger partial charge in [-0.2, -0.15) is 10.1 Å². The Balaban J connectivity index is 0.00000225. The summed E-state index contributed by atoms with van der Waals surface area (Å²) in [6.07, 6.45) is 3.46. The molecule has 1 aliphatic heterocycles. The summed E-state index contributed by atoms with van der Waals surface area (Å²) in [4.78, 5) is 12.9. The first-order valence-electron chi connectivity index (χ1n) is 8.63. The van der Waals surface area contributed by atoms with E-state index < -0.39 is 0 Å². The maximum absolute atomic E-state index is 6.01. The molecule has 0 saturated heterocycles. The van der Waals surface area contributed by atoms with Crippen molar-refractivity contribution in [3.05, 3.63) is 47.3 Å². The number of nitrogens with zero attached hydrogens (tertiary/aromatic N) is 6. The van der Waals surface area contributed by atoms with Gasteiger partial charge in [0.2, 0.25) is 11.7 Å². The second-order valence-electron chi connectivity index (χ2n) is 6.19. The SMILES string of the molecule is CN=C(NCc1nc(-c2cccc(Cl)c2)no1)NC1CCc2ncnn2C1.I. The number of halogens is 2. The van der Waals surface area contributed by atoms with Crippen molar-refractivity contribution in [1.82, 2.24) is 35.5 Å². The molecular weight excluding hydrogens is 495 g/mol. The predicted molar refractivity (Wildman–Crippen MR) is 116 cm³/mol. The van der Waals surface area contributed by atoms with Crippen LogP contribution in [0.4, 0.5) is 0 Å². The van der Waals surface area contributed by atoms with Crippen LogP contribution in [0.5, 0.6) is 0 Å². The zero-order valence-electron chi connectivity index (χ0n) is 15.2. The smallest absolute Gasteiger partial charge is 0.246 e. The van der Waals surface area contributed by atoms with Gasteiger partial charge in [0.05, 0.1) is 13.1 Å². The normalized spacial score (nSPS) is 16.2. The fraction of sp³-hybridized carbons (Fsp3) is 0.353. The highest BCUT2D eigenvalue weighted by Gasteiger charge is 2.20. The lowest BCUT2D eigenvalue weighted by molar-refractivity contribution is 0.371. The third kappa shape index (κ3) is 4.79. The topological polar surface area (TPSA) is 106 Å². The van der Waals surface area contributed by atoms with Gasteiger partial charge in [-0.3, -0.25) is 4.99 Å². The summed E-state index contributed by atoms with van der Waals surface area (Å²) >= 11 is 6.01. The van der Waals surface area contributed by atoms with Crippen molar-refractivity contribution in [1.29, 1.82) is 0 Å². The number of fused-ring (bicyclic) bond motifs is 1. The average Bonchev–Trinajstić information content (AvgIpc) is 3.34. The average molecular weight is 515 g/mol. The molecule has 0 bridgehead atoms. The third-order valence-corrected chi connectivity index (χ3v) is 4.56. The highest BCUT2D eigenvalue weighted by atomic mass is 127. The summed E-state index contributed by atoms with van der Waals surface area (Å²) < 4.78 is 7.23. The van der Waals surface area contributed by atoms with Gasteiger partial charge in [-0.25, -0.2) is 9.67 Å². The molecule has 0 spiro atoms. The van der Waals surface area contributed by atoms with Crippen LogP contribution in [0, 0.1) is 0 Å². The number of aromatic nitrogens is 5. The van der Waals surface area contributed by atoms with E-state index in [1.54, 1.807) is 25.5 Å². The molecular formula is C17H20ClIN8O. The molecule has 3 aromatic rings. The molecule has 0 aliphatic carbocycles. The minimum atomic E-state index is 0. The fourth-order valence-electron chi connectivity index (χ4n) is 2.97. The van der Waals surface area contributed by atoms with Crippen molar-refractivity contribution in [3.8, 4) is 11.4 Å². The Kier molecular flexibility index (Phi) is 6.83. The van der Waals surface area contributed by atoms with Crippen molar-refractivity contribution < 1.29 is 4.52 Å². The van der Waals surface area contributed by atoms with Crippen LogP contribution in [-0.2, 0) is 19.5 Å². The van der Waals surface area contributed by atoms with Crippen LogP contribution < -0.4 is 10.6 Å². The minimum absolute atomic E-state index is 0. The Hall–Kier alpha value is -2.21. The lowest BCUT2D eigenvalue weighted by Gasteiger charge is -2.25. The summed E-state index contributed by atoms with van der Waals surface area (Å²) in [5.74, 6) is 2.67. The second-order valence-corrected chi connectivity index (χ2v) is 6.62. The van der Waals surface area contributed by atoms with Crippen LogP contribution >= 0.6 is 35.6 Å². The summed E-state index contributed by atoms with van der Waals surface area (Å²) in [6, 6.07) is 7.57. The summed E-state index contributed by atoms with van der Waals surface area (Å²) in [7, 11) is 1.73. The highest BCUT2D eigenvalue weighted by molar-refractivity contribution is 14.0. The van der Waals surface area contributed by atoms with E-state index in [-0.39, 0.29) is 30.0 Å². The first kappa shape index (κ1) is 20.5. The molecule has 148 valence electrons. The molecule has 1 aliphatic rings. The van der Waals surface area contributed by atoms with Crippen molar-refractivity contribution in [2.75, 3.05) is 7.05 Å². The minimum Gasteiger partial charge on any atom is -0.352 e. The number of nitrogens with one attached hydrogen (secondary N) is 2. The summed E-state index contributed by atoms with van der Waals surface area (Å²) in [6.45, 7) is 1.13. The van der Waals surface area contributed by atoms with Crippen LogP contribution in [0.3, 0.4) is 0 Å². The van der Waals surface area contributed by atoms with Crippen LogP contribution in [0.2, 0.25) is 5.02 Å². The number of hydrogen-bond donors (Lipinski definition) is 2. The quantitative estimate of drug-likeness (QED) is 0.313. The number of guanidine groups is 1. The van der Waals surface area contributed by atoms with E-state index in [1.807, 2.05) is 16.8 Å². The van der Waals surface area contributed by atoms with Gasteiger partial charge >= 0.3 is 0 Å². The Morgan fingerprint density at radius 1 is 1.43 bits per heavy atom. The second kappa shape index (κ2) is 9.32. The molecule has 3 heterocycles. The molecule has 1 atom stereocenters. The Labute approximate surface area is 184 Å². The molecule has 2 aromatic heterocycles. The molecule has 0 saturated carbocycles. The van der Waals surface area contributed by atoms with Gasteiger partial charge in [-0.1, -0.05) is 28.9 Å². The zero-order chi connectivity index (χ0) is 18.6. The Morgan fingerprint density at radius 2 is 2.32 bits per heavy atom. The predicted octanol–water partition coefficient (Wildman–Crippen LogP) is 2.28. The summed E-state index contributed by atoms with van der Waals surface area (Å²) in [5.41, 5.74) is 0.811. The van der Waals surface area contributed by atoms with Crippen LogP contribution in [-0.4, -0.2) is 44.0 Å². The van der Waals surface area contributed by atoms with E-state index in [0.29, 0.717) is 29.2 Å². The Morgan fingerprint density at radius 3 is 3.14 bits per heavy atom. The first-order chi connectivity index (χ1) is 13.2. The van der Waals surface area contributed by atoms with Crippen molar-refractivity contribution in [2.24, 2.45) is 4.99 Å². The molecule has 2 N–H and O–H groups in total. The molecule has 0 radical (unpaired) electrons. The third-order valence-electron chi connectivity index (χ3n) is 4.33. The van der Waals surface area contributed by atoms with Gasteiger partial charge in [-0.15, -0.1) is 24.0 Å². The standard InChI is InChI=1S/C17H19ClN8O.HI/c1-19-17(23-13-5-6-14-21-10-22-26(14)9-13)20-8-15-24-16(25-27-15)11-3-2-4-12(18)7-11;/h2-4,7,10,13H,5-6,8-9H2,1H3,(H2,19,20,23);1H. The van der Waals surface area contributed by atoms with Gasteiger partial charge in [0.25, 0.3) is 0 Å². The molecule has 9 nitrogen and oxygen atoms in total. The molecule has 0 fully saturated rings. The van der Waals surface area contributed by atoms with Gasteiger partial charge in [0.1, 0.15) is 12.2 Å². The van der Waals surface area contributed by atoms with E-state index in [9.17, 15) is 0 Å². The maximum atomic E-state index is 6.01. The molecule has 1 unspecified atom stereocenters. The zero-order valence-corrected chi connectivity index (χ0v) is 18.3. The van der Waals surface area contributed by atoms with E-state index in [1.165, 1.54) is 0 Å². The highest BCUT2D eigenvalue weighted by Crippen LogP contribution is 2.19. The molecule has 11 heteroatoms. The van der Waals surface area contributed by atoms with Gasteiger partial charge in [0, 0.05) is 30.1 Å². The molecule has 0 amide bonds. The molecule has 1 aromatic carbocycles. The van der Waals surface area contributed by atoms with Gasteiger partial charge < -0.3 is 15.2 Å². The number of benzene rings is 1. The number of aliphatic imine (C=N–C) groups is 1. The van der Waals surface area contributed by atoms with Crippen LogP contribution in [0.1, 0.15) is 18.1 Å². The maximum Gasteiger partial charge on any atom is 0.246 e. The lowest BCUT2D eigenvalue weighted by Crippen LogP contribution is -2.46. The van der Waals surface area contributed by atoms with Crippen molar-refractivity contribution in [3.63, 3.8) is 0 Å². The van der Waals surface area contributed by atoms with Gasteiger partial charge in [0.15, 0.2) is 5.96 Å². The van der Waals surface area contributed by atoms with Crippen molar-refractivity contribution in [2.45, 2.75) is 32.0 Å². The number of rotatable bonds is 4. The van der Waals surface area contributed by atoms with E-state index >= 15 is 0 Å². The Bertz CT molecular complexity index is 956. The number of hydrogen-bond acceptors (Lipinski definition) is 6. The monoisotopic (exact) mass is 514 g/mol. The van der Waals surface area contributed by atoms with Crippen LogP contribution in [0.25, 0.3) is 11.4 Å². The molecule has 4 rings (SSSR count). The van der Waals surface area contributed by atoms with Crippen molar-refractivity contribution >= 4 is 41.5 Å². The van der Waals surface area contributed by atoms with E-state index in [4.69, 9.17) is 16.1 Å². The first-order valence-corrected chi connectivity index (χ1v) is 9.01. The fourth-order valence-corrected chi connectivity index (χ4v) is 3.16. The summed E-state index contributed by atoms with van der Waals surface area (Å²) in [5, 5.41) is 15.5. The van der Waals surface area contributed by atoms with E-state index in [2.05, 4.69) is 35.8 Å².